The first kappa shape index (κ1) is 10.7. The smallest absolute Gasteiger partial charge is 0.330 e. The van der Waals surface area contributed by atoms with Gasteiger partial charge in [-0.05, 0) is 12.1 Å². The lowest BCUT2D eigenvalue weighted by molar-refractivity contribution is -0.134. The highest BCUT2D eigenvalue weighted by Crippen LogP contribution is 2.20. The van der Waals surface area contributed by atoms with E-state index in [4.69, 9.17) is 16.0 Å². The molecule has 0 aliphatic heterocycles. The summed E-state index contributed by atoms with van der Waals surface area (Å²) in [5, 5.41) is 0.576. The molecule has 16 heavy (non-hydrogen) atoms. The molecule has 0 spiro atoms. The van der Waals surface area contributed by atoms with Gasteiger partial charge in [-0.3, -0.25) is 0 Å². The molecular formula is C11H8ClNO3. The van der Waals surface area contributed by atoms with Gasteiger partial charge in [-0.1, -0.05) is 11.6 Å². The topological polar surface area (TPSA) is 52.3 Å². The van der Waals surface area contributed by atoms with Crippen molar-refractivity contribution in [2.45, 2.75) is 0 Å². The summed E-state index contributed by atoms with van der Waals surface area (Å²) in [7, 11) is 1.30. The van der Waals surface area contributed by atoms with E-state index in [1.807, 2.05) is 0 Å². The molecule has 2 rings (SSSR count). The summed E-state index contributed by atoms with van der Waals surface area (Å²) < 4.78 is 9.80. The normalized spacial score (nSPS) is 11.1. The summed E-state index contributed by atoms with van der Waals surface area (Å²) in [5.74, 6) is -0.122. The quantitative estimate of drug-likeness (QED) is 0.595. The van der Waals surface area contributed by atoms with Crippen molar-refractivity contribution in [3.05, 3.63) is 35.2 Å². The van der Waals surface area contributed by atoms with E-state index in [0.717, 1.165) is 0 Å². The fourth-order valence-electron chi connectivity index (χ4n) is 1.19. The molecule has 2 aromatic rings. The maximum Gasteiger partial charge on any atom is 0.330 e. The third kappa shape index (κ3) is 2.23. The number of fused-ring (bicyclic) bond motifs is 1. The summed E-state index contributed by atoms with van der Waals surface area (Å²) >= 11 is 5.80. The number of esters is 1. The van der Waals surface area contributed by atoms with Gasteiger partial charge in [0.1, 0.15) is 5.52 Å². The number of rotatable bonds is 2. The van der Waals surface area contributed by atoms with Crippen LogP contribution in [0.4, 0.5) is 0 Å². The highest BCUT2D eigenvalue weighted by molar-refractivity contribution is 6.31. The van der Waals surface area contributed by atoms with Gasteiger partial charge in [0, 0.05) is 23.2 Å². The van der Waals surface area contributed by atoms with Crippen molar-refractivity contribution in [3.63, 3.8) is 0 Å². The summed E-state index contributed by atoms with van der Waals surface area (Å²) in [6.07, 6.45) is 2.69. The van der Waals surface area contributed by atoms with E-state index in [9.17, 15) is 4.79 Å². The minimum atomic E-state index is -0.458. The first-order valence-corrected chi connectivity index (χ1v) is 4.89. The third-order valence-electron chi connectivity index (χ3n) is 1.93. The Morgan fingerprint density at radius 3 is 3.12 bits per heavy atom. The summed E-state index contributed by atoms with van der Waals surface area (Å²) in [4.78, 5) is 15.0. The van der Waals surface area contributed by atoms with Crippen molar-refractivity contribution >= 4 is 34.7 Å². The molecule has 0 saturated carbocycles. The van der Waals surface area contributed by atoms with Gasteiger partial charge in [0.25, 0.3) is 0 Å². The van der Waals surface area contributed by atoms with Crippen molar-refractivity contribution in [3.8, 4) is 0 Å². The van der Waals surface area contributed by atoms with E-state index < -0.39 is 5.97 Å². The molecule has 0 fully saturated rings. The monoisotopic (exact) mass is 237 g/mol. The molecule has 1 aromatic carbocycles. The van der Waals surface area contributed by atoms with Crippen LogP contribution in [0.3, 0.4) is 0 Å². The van der Waals surface area contributed by atoms with Gasteiger partial charge in [0.2, 0.25) is 5.89 Å². The van der Waals surface area contributed by atoms with Crippen LogP contribution in [-0.2, 0) is 9.53 Å². The Labute approximate surface area is 96.5 Å². The van der Waals surface area contributed by atoms with Crippen molar-refractivity contribution in [1.82, 2.24) is 4.98 Å². The number of oxazole rings is 1. The van der Waals surface area contributed by atoms with E-state index in [-0.39, 0.29) is 0 Å². The number of hydrogen-bond donors (Lipinski definition) is 0. The zero-order chi connectivity index (χ0) is 11.5. The Kier molecular flexibility index (Phi) is 2.92. The number of carbonyl (C=O) groups excluding carboxylic acids is 1. The molecule has 0 amide bonds. The minimum Gasteiger partial charge on any atom is -0.466 e. The second kappa shape index (κ2) is 4.37. The Bertz CT molecular complexity index is 559. The fourth-order valence-corrected chi connectivity index (χ4v) is 1.36. The second-order valence-electron chi connectivity index (χ2n) is 3.02. The molecule has 4 nitrogen and oxygen atoms in total. The highest BCUT2D eigenvalue weighted by atomic mass is 35.5. The van der Waals surface area contributed by atoms with Gasteiger partial charge in [0.15, 0.2) is 5.58 Å². The summed E-state index contributed by atoms with van der Waals surface area (Å²) in [6.45, 7) is 0. The SMILES string of the molecule is COC(=O)C=Cc1nc2ccc(Cl)cc2o1. The van der Waals surface area contributed by atoms with E-state index in [0.29, 0.717) is 22.0 Å². The molecule has 1 aromatic heterocycles. The van der Waals surface area contributed by atoms with Gasteiger partial charge < -0.3 is 9.15 Å². The van der Waals surface area contributed by atoms with Crippen LogP contribution in [-0.4, -0.2) is 18.1 Å². The molecule has 1 heterocycles. The average Bonchev–Trinajstić information content (AvgIpc) is 2.67. The van der Waals surface area contributed by atoms with Gasteiger partial charge in [-0.2, -0.15) is 0 Å². The maximum absolute atomic E-state index is 10.9. The Hall–Kier alpha value is -1.81. The molecule has 0 unspecified atom stereocenters. The third-order valence-corrected chi connectivity index (χ3v) is 2.17. The number of carbonyl (C=O) groups is 1. The molecule has 0 aliphatic carbocycles. The molecule has 0 atom stereocenters. The molecule has 0 aliphatic rings. The lowest BCUT2D eigenvalue weighted by Gasteiger charge is -1.87. The molecule has 0 bridgehead atoms. The van der Waals surface area contributed by atoms with Crippen LogP contribution >= 0.6 is 11.6 Å². The number of methoxy groups -OCH3 is 1. The molecular weight excluding hydrogens is 230 g/mol. The predicted molar refractivity (Wildman–Crippen MR) is 60.1 cm³/mol. The van der Waals surface area contributed by atoms with Gasteiger partial charge in [-0.25, -0.2) is 9.78 Å². The molecule has 0 saturated heterocycles. The van der Waals surface area contributed by atoms with Crippen LogP contribution in [0.5, 0.6) is 0 Å². The zero-order valence-electron chi connectivity index (χ0n) is 8.44. The molecule has 0 N–H and O–H groups in total. The standard InChI is InChI=1S/C11H8ClNO3/c1-15-11(14)5-4-10-13-8-3-2-7(12)6-9(8)16-10/h2-6H,1H3. The van der Waals surface area contributed by atoms with Crippen LogP contribution < -0.4 is 0 Å². The Balaban J connectivity index is 2.33. The number of ether oxygens (including phenoxy) is 1. The minimum absolute atomic E-state index is 0.336. The highest BCUT2D eigenvalue weighted by Gasteiger charge is 2.03. The van der Waals surface area contributed by atoms with Crippen LogP contribution in [0, 0.1) is 0 Å². The summed E-state index contributed by atoms with van der Waals surface area (Å²) in [6, 6.07) is 5.14. The average molecular weight is 238 g/mol. The first-order valence-electron chi connectivity index (χ1n) is 4.51. The van der Waals surface area contributed by atoms with Gasteiger partial charge in [0.05, 0.1) is 7.11 Å². The van der Waals surface area contributed by atoms with Crippen LogP contribution in [0.1, 0.15) is 5.89 Å². The Morgan fingerprint density at radius 2 is 2.38 bits per heavy atom. The fraction of sp³-hybridized carbons (Fsp3) is 0.0909. The number of halogens is 1. The second-order valence-corrected chi connectivity index (χ2v) is 3.46. The van der Waals surface area contributed by atoms with Gasteiger partial charge in [-0.15, -0.1) is 0 Å². The van der Waals surface area contributed by atoms with E-state index in [1.165, 1.54) is 19.3 Å². The molecule has 82 valence electrons. The van der Waals surface area contributed by atoms with Gasteiger partial charge >= 0.3 is 5.97 Å². The largest absolute Gasteiger partial charge is 0.466 e. The van der Waals surface area contributed by atoms with Crippen LogP contribution in [0.2, 0.25) is 5.02 Å². The van der Waals surface area contributed by atoms with Crippen LogP contribution in [0.25, 0.3) is 17.2 Å². The lowest BCUT2D eigenvalue weighted by atomic mass is 10.3. The van der Waals surface area contributed by atoms with Crippen molar-refractivity contribution in [1.29, 1.82) is 0 Å². The maximum atomic E-state index is 10.9. The first-order chi connectivity index (χ1) is 7.69. The number of nitrogens with zero attached hydrogens (tertiary/aromatic N) is 1. The predicted octanol–water partition coefficient (Wildman–Crippen LogP) is 2.67. The van der Waals surface area contributed by atoms with Crippen molar-refractivity contribution in [2.75, 3.05) is 7.11 Å². The number of aromatic nitrogens is 1. The van der Waals surface area contributed by atoms with Crippen LogP contribution in [0.15, 0.2) is 28.7 Å². The lowest BCUT2D eigenvalue weighted by Crippen LogP contribution is -1.93. The Morgan fingerprint density at radius 1 is 1.56 bits per heavy atom. The molecule has 0 radical (unpaired) electrons. The van der Waals surface area contributed by atoms with E-state index in [1.54, 1.807) is 18.2 Å². The number of benzene rings is 1. The summed E-state index contributed by atoms with van der Waals surface area (Å²) in [5.41, 5.74) is 1.27. The van der Waals surface area contributed by atoms with Crippen molar-refractivity contribution < 1.29 is 13.9 Å². The molecule has 5 heteroatoms. The van der Waals surface area contributed by atoms with E-state index >= 15 is 0 Å². The van der Waals surface area contributed by atoms with Crippen molar-refractivity contribution in [2.24, 2.45) is 0 Å². The number of hydrogen-bond acceptors (Lipinski definition) is 4. The zero-order valence-corrected chi connectivity index (χ0v) is 9.19. The van der Waals surface area contributed by atoms with E-state index in [2.05, 4.69) is 9.72 Å².